The molecule has 4 nitrogen and oxygen atoms in total. The largest absolute Gasteiger partial charge is 0.373 e. The molecule has 6 heteroatoms. The molecule has 2 aromatic rings. The normalized spacial score (nSPS) is 11.8. The molecule has 0 aliphatic carbocycles. The van der Waals surface area contributed by atoms with Gasteiger partial charge in [-0.2, -0.15) is 0 Å². The summed E-state index contributed by atoms with van der Waals surface area (Å²) in [6, 6.07) is 10.4. The Hall–Kier alpha value is -1.78. The van der Waals surface area contributed by atoms with E-state index in [-0.39, 0.29) is 17.1 Å². The first-order chi connectivity index (χ1) is 9.99. The molecule has 1 atom stereocenters. The van der Waals surface area contributed by atoms with Gasteiger partial charge in [-0.25, -0.2) is 4.98 Å². The molecule has 0 radical (unpaired) electrons. The van der Waals surface area contributed by atoms with Crippen molar-refractivity contribution in [2.75, 3.05) is 12.4 Å². The van der Waals surface area contributed by atoms with Crippen LogP contribution in [0.3, 0.4) is 0 Å². The van der Waals surface area contributed by atoms with Gasteiger partial charge in [0.1, 0.15) is 11.0 Å². The number of carbonyl (C=O) groups is 1. The lowest BCUT2D eigenvalue weighted by atomic mass is 10.1. The summed E-state index contributed by atoms with van der Waals surface area (Å²) in [5.74, 6) is 0.325. The van der Waals surface area contributed by atoms with Gasteiger partial charge in [0, 0.05) is 17.6 Å². The highest BCUT2D eigenvalue weighted by molar-refractivity contribution is 6.30. The number of nitrogens with zero attached hydrogens (tertiary/aromatic N) is 1. The van der Waals surface area contributed by atoms with Gasteiger partial charge in [-0.3, -0.25) is 4.79 Å². The molecule has 1 aromatic heterocycles. The Bertz CT molecular complexity index is 661. The third-order valence-corrected chi connectivity index (χ3v) is 3.44. The highest BCUT2D eigenvalue weighted by Crippen LogP contribution is 2.19. The van der Waals surface area contributed by atoms with Crippen LogP contribution in [-0.2, 0) is 0 Å². The lowest BCUT2D eigenvalue weighted by molar-refractivity contribution is 0.0940. The second-order valence-electron chi connectivity index (χ2n) is 4.56. The number of hydrogen-bond acceptors (Lipinski definition) is 3. The molecule has 1 amide bonds. The molecule has 0 aliphatic heterocycles. The van der Waals surface area contributed by atoms with Crippen molar-refractivity contribution in [3.05, 3.63) is 57.7 Å². The number of halogens is 2. The maximum absolute atomic E-state index is 12.3. The highest BCUT2D eigenvalue weighted by atomic mass is 35.5. The Balaban J connectivity index is 2.16. The van der Waals surface area contributed by atoms with E-state index >= 15 is 0 Å². The minimum Gasteiger partial charge on any atom is -0.373 e. The Kier molecular flexibility index (Phi) is 5.04. The van der Waals surface area contributed by atoms with Crippen LogP contribution in [0.4, 0.5) is 5.82 Å². The van der Waals surface area contributed by atoms with E-state index in [2.05, 4.69) is 15.6 Å². The van der Waals surface area contributed by atoms with E-state index in [0.717, 1.165) is 5.56 Å². The van der Waals surface area contributed by atoms with Gasteiger partial charge in [0.05, 0.1) is 6.04 Å². The Morgan fingerprint density at radius 3 is 2.67 bits per heavy atom. The first-order valence-electron chi connectivity index (χ1n) is 6.41. The summed E-state index contributed by atoms with van der Waals surface area (Å²) in [5, 5.41) is 6.67. The van der Waals surface area contributed by atoms with Crippen LogP contribution in [0.15, 0.2) is 36.4 Å². The van der Waals surface area contributed by atoms with Crippen molar-refractivity contribution < 1.29 is 4.79 Å². The molecule has 1 heterocycles. The van der Waals surface area contributed by atoms with Gasteiger partial charge in [-0.05, 0) is 36.8 Å². The lowest BCUT2D eigenvalue weighted by Gasteiger charge is -2.15. The fourth-order valence-electron chi connectivity index (χ4n) is 1.90. The zero-order valence-electron chi connectivity index (χ0n) is 11.7. The molecule has 0 aliphatic rings. The number of pyridine rings is 1. The molecular formula is C15H15Cl2N3O. The third-order valence-electron chi connectivity index (χ3n) is 3.01. The van der Waals surface area contributed by atoms with Crippen LogP contribution in [0.25, 0.3) is 0 Å². The summed E-state index contributed by atoms with van der Waals surface area (Å²) in [7, 11) is 1.72. The van der Waals surface area contributed by atoms with E-state index in [4.69, 9.17) is 23.2 Å². The predicted molar refractivity (Wildman–Crippen MR) is 86.1 cm³/mol. The number of carbonyl (C=O) groups excluding carboxylic acids is 1. The van der Waals surface area contributed by atoms with Crippen molar-refractivity contribution in [2.45, 2.75) is 13.0 Å². The van der Waals surface area contributed by atoms with Crippen LogP contribution in [0, 0.1) is 0 Å². The van der Waals surface area contributed by atoms with Gasteiger partial charge in [0.2, 0.25) is 0 Å². The van der Waals surface area contributed by atoms with Crippen molar-refractivity contribution in [3.63, 3.8) is 0 Å². The van der Waals surface area contributed by atoms with Gasteiger partial charge >= 0.3 is 0 Å². The SMILES string of the molecule is CNc1cc(C(=O)NC(C)c2cccc(Cl)c2)cc(Cl)n1. The fourth-order valence-corrected chi connectivity index (χ4v) is 2.30. The van der Waals surface area contributed by atoms with Crippen molar-refractivity contribution in [2.24, 2.45) is 0 Å². The summed E-state index contributed by atoms with van der Waals surface area (Å²) in [6.45, 7) is 1.89. The number of hydrogen-bond donors (Lipinski definition) is 2. The van der Waals surface area contributed by atoms with Gasteiger partial charge in [0.25, 0.3) is 5.91 Å². The van der Waals surface area contributed by atoms with Crippen LogP contribution in [0.2, 0.25) is 10.2 Å². The molecule has 0 saturated heterocycles. The van der Waals surface area contributed by atoms with E-state index in [0.29, 0.717) is 16.4 Å². The quantitative estimate of drug-likeness (QED) is 0.838. The second kappa shape index (κ2) is 6.78. The topological polar surface area (TPSA) is 54.0 Å². The molecular weight excluding hydrogens is 309 g/mol. The van der Waals surface area contributed by atoms with Crippen molar-refractivity contribution >= 4 is 34.9 Å². The van der Waals surface area contributed by atoms with Gasteiger partial charge in [0.15, 0.2) is 0 Å². The van der Waals surface area contributed by atoms with Gasteiger partial charge < -0.3 is 10.6 Å². The number of benzene rings is 1. The van der Waals surface area contributed by atoms with Gasteiger partial charge in [-0.1, -0.05) is 35.3 Å². The van der Waals surface area contributed by atoms with E-state index in [1.165, 1.54) is 6.07 Å². The van der Waals surface area contributed by atoms with Crippen molar-refractivity contribution in [3.8, 4) is 0 Å². The standard InChI is InChI=1S/C15H15Cl2N3O/c1-9(10-4-3-5-12(16)6-10)19-15(21)11-7-13(17)20-14(8-11)18-2/h3-9H,1-2H3,(H,18,20)(H,19,21). The first kappa shape index (κ1) is 15.6. The summed E-state index contributed by atoms with van der Waals surface area (Å²) in [4.78, 5) is 16.3. The fraction of sp³-hybridized carbons (Fsp3) is 0.200. The van der Waals surface area contributed by atoms with Crippen LogP contribution in [0.1, 0.15) is 28.9 Å². The van der Waals surface area contributed by atoms with Crippen LogP contribution >= 0.6 is 23.2 Å². The summed E-state index contributed by atoms with van der Waals surface area (Å²) < 4.78 is 0. The number of nitrogens with one attached hydrogen (secondary N) is 2. The Labute approximate surface area is 133 Å². The smallest absolute Gasteiger partial charge is 0.251 e. The maximum Gasteiger partial charge on any atom is 0.251 e. The molecule has 21 heavy (non-hydrogen) atoms. The third kappa shape index (κ3) is 4.09. The zero-order valence-corrected chi connectivity index (χ0v) is 13.2. The molecule has 0 spiro atoms. The summed E-state index contributed by atoms with van der Waals surface area (Å²) in [6.07, 6.45) is 0. The summed E-state index contributed by atoms with van der Waals surface area (Å²) in [5.41, 5.74) is 1.39. The second-order valence-corrected chi connectivity index (χ2v) is 5.39. The number of anilines is 1. The molecule has 0 bridgehead atoms. The Morgan fingerprint density at radius 2 is 2.00 bits per heavy atom. The minimum absolute atomic E-state index is 0.166. The molecule has 110 valence electrons. The highest BCUT2D eigenvalue weighted by Gasteiger charge is 2.13. The molecule has 1 aromatic carbocycles. The number of rotatable bonds is 4. The number of amides is 1. The minimum atomic E-state index is -0.219. The van der Waals surface area contributed by atoms with E-state index in [1.54, 1.807) is 19.2 Å². The average molecular weight is 324 g/mol. The zero-order chi connectivity index (χ0) is 15.4. The van der Waals surface area contributed by atoms with E-state index in [9.17, 15) is 4.79 Å². The van der Waals surface area contributed by atoms with E-state index < -0.39 is 0 Å². The molecule has 2 rings (SSSR count). The average Bonchev–Trinajstić information content (AvgIpc) is 2.46. The van der Waals surface area contributed by atoms with Gasteiger partial charge in [-0.15, -0.1) is 0 Å². The van der Waals surface area contributed by atoms with Crippen molar-refractivity contribution in [1.29, 1.82) is 0 Å². The summed E-state index contributed by atoms with van der Waals surface area (Å²) >= 11 is 11.9. The first-order valence-corrected chi connectivity index (χ1v) is 7.17. The van der Waals surface area contributed by atoms with E-state index in [1.807, 2.05) is 25.1 Å². The molecule has 1 unspecified atom stereocenters. The predicted octanol–water partition coefficient (Wildman–Crippen LogP) is 3.92. The lowest BCUT2D eigenvalue weighted by Crippen LogP contribution is -2.26. The Morgan fingerprint density at radius 1 is 1.24 bits per heavy atom. The van der Waals surface area contributed by atoms with Crippen molar-refractivity contribution in [1.82, 2.24) is 10.3 Å². The number of aromatic nitrogens is 1. The maximum atomic E-state index is 12.3. The monoisotopic (exact) mass is 323 g/mol. The molecule has 0 fully saturated rings. The van der Waals surface area contributed by atoms with Crippen LogP contribution in [0.5, 0.6) is 0 Å². The molecule has 2 N–H and O–H groups in total. The molecule has 0 saturated carbocycles. The van der Waals surface area contributed by atoms with Crippen LogP contribution in [-0.4, -0.2) is 17.9 Å². The van der Waals surface area contributed by atoms with Crippen LogP contribution < -0.4 is 10.6 Å².